The van der Waals surface area contributed by atoms with Crippen molar-refractivity contribution < 1.29 is 9.53 Å². The fraction of sp³-hybridized carbons (Fsp3) is 0.273. The minimum Gasteiger partial charge on any atom is -0.482 e. The highest BCUT2D eigenvalue weighted by molar-refractivity contribution is 5.97. The van der Waals surface area contributed by atoms with Gasteiger partial charge in [-0.25, -0.2) is 9.97 Å². The monoisotopic (exact) mass is 389 g/mol. The molecule has 0 radical (unpaired) electrons. The van der Waals surface area contributed by atoms with E-state index in [9.17, 15) is 4.79 Å². The first-order valence-corrected chi connectivity index (χ1v) is 9.65. The number of amides is 1. The van der Waals surface area contributed by atoms with E-state index in [0.717, 1.165) is 40.5 Å². The van der Waals surface area contributed by atoms with E-state index in [-0.39, 0.29) is 12.5 Å². The van der Waals surface area contributed by atoms with Gasteiger partial charge >= 0.3 is 0 Å². The number of para-hydroxylation sites is 2. The molecule has 1 amide bonds. The third-order valence-corrected chi connectivity index (χ3v) is 4.99. The molecule has 4 rings (SSSR count). The SMILES string of the molecule is Cc1nc(-c2ccncc2)nc(NCCCN2C(=O)COc3ccccc32)c1C. The van der Waals surface area contributed by atoms with E-state index in [1.807, 2.05) is 50.2 Å². The van der Waals surface area contributed by atoms with Gasteiger partial charge in [0, 0.05) is 42.3 Å². The van der Waals surface area contributed by atoms with E-state index in [1.54, 1.807) is 17.3 Å². The Balaban J connectivity index is 1.43. The first-order chi connectivity index (χ1) is 14.1. The zero-order valence-electron chi connectivity index (χ0n) is 16.6. The smallest absolute Gasteiger partial charge is 0.265 e. The number of fused-ring (bicyclic) bond motifs is 1. The molecule has 0 fully saturated rings. The highest BCUT2D eigenvalue weighted by atomic mass is 16.5. The van der Waals surface area contributed by atoms with Crippen molar-refractivity contribution >= 4 is 17.4 Å². The summed E-state index contributed by atoms with van der Waals surface area (Å²) in [5.41, 5.74) is 3.72. The predicted molar refractivity (Wildman–Crippen MR) is 112 cm³/mol. The van der Waals surface area contributed by atoms with Crippen LogP contribution in [0.25, 0.3) is 11.4 Å². The van der Waals surface area contributed by atoms with Crippen molar-refractivity contribution in [1.82, 2.24) is 15.0 Å². The number of aryl methyl sites for hydroxylation is 1. The maximum Gasteiger partial charge on any atom is 0.265 e. The molecule has 0 saturated carbocycles. The van der Waals surface area contributed by atoms with Crippen molar-refractivity contribution in [1.29, 1.82) is 0 Å². The van der Waals surface area contributed by atoms with Gasteiger partial charge in [-0.3, -0.25) is 9.78 Å². The summed E-state index contributed by atoms with van der Waals surface area (Å²) in [7, 11) is 0. The van der Waals surface area contributed by atoms with Crippen molar-refractivity contribution in [3.63, 3.8) is 0 Å². The fourth-order valence-electron chi connectivity index (χ4n) is 3.27. The highest BCUT2D eigenvalue weighted by Crippen LogP contribution is 2.31. The summed E-state index contributed by atoms with van der Waals surface area (Å²) in [6, 6.07) is 11.4. The van der Waals surface area contributed by atoms with Gasteiger partial charge in [0.2, 0.25) is 0 Å². The predicted octanol–water partition coefficient (Wildman–Crippen LogP) is 3.38. The maximum absolute atomic E-state index is 12.3. The average molecular weight is 389 g/mol. The number of rotatable bonds is 6. The molecule has 148 valence electrons. The summed E-state index contributed by atoms with van der Waals surface area (Å²) in [6.45, 7) is 5.39. The number of carbonyl (C=O) groups excluding carboxylic acids is 1. The lowest BCUT2D eigenvalue weighted by Crippen LogP contribution is -2.39. The third kappa shape index (κ3) is 4.03. The van der Waals surface area contributed by atoms with Gasteiger partial charge in [0.1, 0.15) is 11.6 Å². The van der Waals surface area contributed by atoms with Crippen molar-refractivity contribution in [2.45, 2.75) is 20.3 Å². The maximum atomic E-state index is 12.3. The van der Waals surface area contributed by atoms with Crippen LogP contribution in [0.5, 0.6) is 5.75 Å². The molecule has 2 aromatic heterocycles. The standard InChI is InChI=1S/C22H23N5O2/c1-15-16(2)25-22(17-8-11-23-12-9-17)26-21(15)24-10-5-13-27-18-6-3-4-7-19(18)29-14-20(27)28/h3-4,6-9,11-12H,5,10,13-14H2,1-2H3,(H,24,25,26). The van der Waals surface area contributed by atoms with Crippen molar-refractivity contribution in [2.24, 2.45) is 0 Å². The van der Waals surface area contributed by atoms with Crippen LogP contribution in [0.4, 0.5) is 11.5 Å². The number of ether oxygens (including phenoxy) is 1. The number of pyridine rings is 1. The van der Waals surface area contributed by atoms with E-state index in [4.69, 9.17) is 4.74 Å². The Labute approximate surface area is 169 Å². The third-order valence-electron chi connectivity index (χ3n) is 4.99. The quantitative estimate of drug-likeness (QED) is 0.651. The lowest BCUT2D eigenvalue weighted by Gasteiger charge is -2.29. The molecule has 0 saturated heterocycles. The summed E-state index contributed by atoms with van der Waals surface area (Å²) in [4.78, 5) is 27.4. The molecule has 0 bridgehead atoms. The lowest BCUT2D eigenvalue weighted by atomic mass is 10.2. The molecule has 7 nitrogen and oxygen atoms in total. The number of nitrogens with one attached hydrogen (secondary N) is 1. The summed E-state index contributed by atoms with van der Waals surface area (Å²) in [6.07, 6.45) is 4.25. The zero-order chi connectivity index (χ0) is 20.2. The number of benzene rings is 1. The second-order valence-corrected chi connectivity index (χ2v) is 6.92. The van der Waals surface area contributed by atoms with Crippen LogP contribution < -0.4 is 15.0 Å². The first kappa shape index (κ1) is 18.9. The van der Waals surface area contributed by atoms with Gasteiger partial charge in [-0.1, -0.05) is 12.1 Å². The Kier molecular flexibility index (Phi) is 5.37. The molecule has 0 spiro atoms. The summed E-state index contributed by atoms with van der Waals surface area (Å²) < 4.78 is 5.50. The number of hydrogen-bond donors (Lipinski definition) is 1. The number of aromatic nitrogens is 3. The minimum absolute atomic E-state index is 0.0160. The highest BCUT2D eigenvalue weighted by Gasteiger charge is 2.24. The van der Waals surface area contributed by atoms with Crippen LogP contribution in [-0.4, -0.2) is 40.6 Å². The van der Waals surface area contributed by atoms with E-state index in [0.29, 0.717) is 18.9 Å². The molecular weight excluding hydrogens is 366 g/mol. The van der Waals surface area contributed by atoms with Crippen LogP contribution >= 0.6 is 0 Å². The van der Waals surface area contributed by atoms with Crippen LogP contribution in [-0.2, 0) is 4.79 Å². The number of nitrogens with zero attached hydrogens (tertiary/aromatic N) is 4. The van der Waals surface area contributed by atoms with E-state index < -0.39 is 0 Å². The second-order valence-electron chi connectivity index (χ2n) is 6.92. The number of hydrogen-bond acceptors (Lipinski definition) is 6. The molecule has 0 unspecified atom stereocenters. The van der Waals surface area contributed by atoms with Gasteiger partial charge in [0.25, 0.3) is 5.91 Å². The van der Waals surface area contributed by atoms with Gasteiger partial charge < -0.3 is 15.0 Å². The van der Waals surface area contributed by atoms with Crippen LogP contribution in [0.1, 0.15) is 17.7 Å². The van der Waals surface area contributed by atoms with E-state index in [1.165, 1.54) is 0 Å². The van der Waals surface area contributed by atoms with Crippen LogP contribution in [0, 0.1) is 13.8 Å². The van der Waals surface area contributed by atoms with Crippen molar-refractivity contribution in [3.8, 4) is 17.1 Å². The molecule has 1 aromatic carbocycles. The molecule has 0 aliphatic carbocycles. The van der Waals surface area contributed by atoms with Gasteiger partial charge in [-0.2, -0.15) is 0 Å². The van der Waals surface area contributed by atoms with Gasteiger partial charge in [-0.05, 0) is 44.5 Å². The summed E-state index contributed by atoms with van der Waals surface area (Å²) in [5.74, 6) is 2.23. The Hall–Kier alpha value is -3.48. The van der Waals surface area contributed by atoms with E-state index in [2.05, 4.69) is 20.3 Å². The minimum atomic E-state index is -0.0160. The number of anilines is 2. The normalized spacial score (nSPS) is 13.0. The van der Waals surface area contributed by atoms with Crippen LogP contribution in [0.15, 0.2) is 48.8 Å². The molecule has 0 atom stereocenters. The molecule has 7 heteroatoms. The van der Waals surface area contributed by atoms with Crippen LogP contribution in [0.3, 0.4) is 0 Å². The molecule has 1 aliphatic rings. The molecular formula is C22H23N5O2. The molecule has 1 aliphatic heterocycles. The Bertz CT molecular complexity index is 1020. The molecule has 29 heavy (non-hydrogen) atoms. The first-order valence-electron chi connectivity index (χ1n) is 9.65. The van der Waals surface area contributed by atoms with Gasteiger partial charge in [-0.15, -0.1) is 0 Å². The van der Waals surface area contributed by atoms with Crippen molar-refractivity contribution in [2.75, 3.05) is 29.9 Å². The van der Waals surface area contributed by atoms with Gasteiger partial charge in [0.15, 0.2) is 12.4 Å². The summed E-state index contributed by atoms with van der Waals surface area (Å²) in [5, 5.41) is 3.41. The average Bonchev–Trinajstić information content (AvgIpc) is 2.75. The van der Waals surface area contributed by atoms with Crippen molar-refractivity contribution in [3.05, 3.63) is 60.0 Å². The number of carbonyl (C=O) groups is 1. The fourth-order valence-corrected chi connectivity index (χ4v) is 3.27. The Morgan fingerprint density at radius 1 is 1.10 bits per heavy atom. The van der Waals surface area contributed by atoms with E-state index >= 15 is 0 Å². The van der Waals surface area contributed by atoms with Gasteiger partial charge in [0.05, 0.1) is 5.69 Å². The summed E-state index contributed by atoms with van der Waals surface area (Å²) >= 11 is 0. The second kappa shape index (κ2) is 8.26. The molecule has 3 heterocycles. The molecule has 1 N–H and O–H groups in total. The Morgan fingerprint density at radius 3 is 2.72 bits per heavy atom. The zero-order valence-corrected chi connectivity index (χ0v) is 16.6. The molecule has 3 aromatic rings. The largest absolute Gasteiger partial charge is 0.482 e. The topological polar surface area (TPSA) is 80.2 Å². The Morgan fingerprint density at radius 2 is 1.90 bits per heavy atom. The lowest BCUT2D eigenvalue weighted by molar-refractivity contribution is -0.121. The van der Waals surface area contributed by atoms with Crippen LogP contribution in [0.2, 0.25) is 0 Å².